The van der Waals surface area contributed by atoms with Crippen LogP contribution in [0.15, 0.2) is 36.0 Å². The van der Waals surface area contributed by atoms with Crippen molar-refractivity contribution in [3.63, 3.8) is 0 Å². The molecule has 1 aromatic carbocycles. The van der Waals surface area contributed by atoms with Crippen molar-refractivity contribution in [2.45, 2.75) is 12.6 Å². The lowest BCUT2D eigenvalue weighted by molar-refractivity contribution is -0.125. The normalized spacial score (nSPS) is 20.2. The number of hydrogen-bond acceptors (Lipinski definition) is 4. The van der Waals surface area contributed by atoms with Gasteiger partial charge in [0.05, 0.1) is 0 Å². The average Bonchev–Trinajstić information content (AvgIpc) is 2.24. The van der Waals surface area contributed by atoms with Crippen molar-refractivity contribution < 1.29 is 14.3 Å². The highest BCUT2D eigenvalue weighted by molar-refractivity contribution is 5.94. The first kappa shape index (κ1) is 10.8. The highest BCUT2D eigenvalue weighted by Gasteiger charge is 2.18. The number of hydrazine groups is 1. The molecule has 1 unspecified atom stereocenters. The van der Waals surface area contributed by atoms with Crippen molar-refractivity contribution in [3.8, 4) is 0 Å². The molecule has 84 valence electrons. The van der Waals surface area contributed by atoms with Crippen LogP contribution in [-0.4, -0.2) is 17.1 Å². The van der Waals surface area contributed by atoms with Crippen molar-refractivity contribution in [2.24, 2.45) is 0 Å². The van der Waals surface area contributed by atoms with Crippen LogP contribution in [0, 0.1) is 5.82 Å². The summed E-state index contributed by atoms with van der Waals surface area (Å²) in [7, 11) is 0. The molecule has 0 aliphatic carbocycles. The Morgan fingerprint density at radius 3 is 2.94 bits per heavy atom. The summed E-state index contributed by atoms with van der Waals surface area (Å²) in [6.07, 6.45) is 0.506. The number of carbonyl (C=O) groups excluding carboxylic acids is 1. The van der Waals surface area contributed by atoms with E-state index in [1.165, 1.54) is 18.2 Å². The molecule has 1 aromatic rings. The maximum Gasteiger partial charge on any atom is 0.202 e. The summed E-state index contributed by atoms with van der Waals surface area (Å²) in [4.78, 5) is 11.2. The third-order valence-electron chi connectivity index (χ3n) is 2.24. The molecule has 1 aliphatic rings. The van der Waals surface area contributed by atoms with Crippen LogP contribution >= 0.6 is 0 Å². The minimum absolute atomic E-state index is 0.312. The number of hydrogen-bond donors (Lipinski definition) is 3. The second kappa shape index (κ2) is 4.42. The Balaban J connectivity index is 2.11. The first-order valence-electron chi connectivity index (χ1n) is 4.83. The molecule has 0 radical (unpaired) electrons. The fourth-order valence-electron chi connectivity index (χ4n) is 1.48. The highest BCUT2D eigenvalue weighted by atomic mass is 19.1. The molecular weight excluding hydrogens is 211 g/mol. The number of rotatable bonds is 2. The molecule has 0 aromatic heterocycles. The van der Waals surface area contributed by atoms with Gasteiger partial charge in [-0.2, -0.15) is 0 Å². The van der Waals surface area contributed by atoms with E-state index in [-0.39, 0.29) is 5.82 Å². The largest absolute Gasteiger partial charge is 0.370 e. The van der Waals surface area contributed by atoms with Gasteiger partial charge in [-0.25, -0.2) is 9.82 Å². The third kappa shape index (κ3) is 2.44. The Kier molecular flexibility index (Phi) is 2.98. The Bertz CT molecular complexity index is 445. The molecule has 1 aliphatic heterocycles. The summed E-state index contributed by atoms with van der Waals surface area (Å²) in [6.45, 7) is 0. The number of benzene rings is 1. The van der Waals surface area contributed by atoms with Gasteiger partial charge in [-0.05, 0) is 17.7 Å². The topological polar surface area (TPSA) is 61.4 Å². The first-order valence-corrected chi connectivity index (χ1v) is 4.83. The zero-order valence-electron chi connectivity index (χ0n) is 8.40. The predicted octanol–water partition coefficient (Wildman–Crippen LogP) is 0.247. The quantitative estimate of drug-likeness (QED) is 0.671. The van der Waals surface area contributed by atoms with Crippen LogP contribution in [0.1, 0.15) is 5.56 Å². The van der Waals surface area contributed by atoms with E-state index in [0.717, 1.165) is 5.56 Å². The molecule has 16 heavy (non-hydrogen) atoms. The number of ketones is 1. The maximum absolute atomic E-state index is 12.9. The Labute approximate surface area is 91.8 Å². The lowest BCUT2D eigenvalue weighted by atomic mass is 10.1. The van der Waals surface area contributed by atoms with E-state index in [4.69, 9.17) is 5.11 Å². The molecule has 0 spiro atoms. The van der Waals surface area contributed by atoms with Crippen molar-refractivity contribution in [1.82, 2.24) is 10.9 Å². The summed E-state index contributed by atoms with van der Waals surface area (Å²) in [6, 6.07) is 6.14. The molecule has 2 rings (SSSR count). The van der Waals surface area contributed by atoms with Crippen molar-refractivity contribution in [1.29, 1.82) is 0 Å². The van der Waals surface area contributed by atoms with Gasteiger partial charge in [0.25, 0.3) is 0 Å². The zero-order valence-corrected chi connectivity index (χ0v) is 8.40. The lowest BCUT2D eigenvalue weighted by Gasteiger charge is -2.20. The molecule has 0 fully saturated rings. The maximum atomic E-state index is 12.9. The summed E-state index contributed by atoms with van der Waals surface area (Å²) in [5.74, 6) is -0.724. The molecule has 1 heterocycles. The van der Waals surface area contributed by atoms with Crippen LogP contribution in [0.4, 0.5) is 4.39 Å². The average molecular weight is 222 g/mol. The summed E-state index contributed by atoms with van der Waals surface area (Å²) < 4.78 is 12.9. The lowest BCUT2D eigenvalue weighted by Crippen LogP contribution is -2.48. The van der Waals surface area contributed by atoms with Gasteiger partial charge in [-0.15, -0.1) is 0 Å². The molecule has 5 heteroatoms. The molecule has 4 nitrogen and oxygen atoms in total. The fourth-order valence-corrected chi connectivity index (χ4v) is 1.48. The third-order valence-corrected chi connectivity index (χ3v) is 2.24. The predicted molar refractivity (Wildman–Crippen MR) is 55.5 cm³/mol. The number of aliphatic hydroxyl groups is 1. The number of carbonyl (C=O) groups is 1. The Morgan fingerprint density at radius 1 is 1.44 bits per heavy atom. The molecule has 1 atom stereocenters. The van der Waals surface area contributed by atoms with E-state index >= 15 is 0 Å². The Hall–Kier alpha value is -1.72. The van der Waals surface area contributed by atoms with Crippen LogP contribution in [0.5, 0.6) is 0 Å². The van der Waals surface area contributed by atoms with Crippen molar-refractivity contribution in [2.75, 3.05) is 0 Å². The number of nitrogens with one attached hydrogen (secondary N) is 2. The molecule has 0 saturated carbocycles. The van der Waals surface area contributed by atoms with Crippen LogP contribution in [-0.2, 0) is 11.2 Å². The molecule has 0 saturated heterocycles. The monoisotopic (exact) mass is 222 g/mol. The van der Waals surface area contributed by atoms with Crippen LogP contribution in [0.25, 0.3) is 0 Å². The van der Waals surface area contributed by atoms with Gasteiger partial charge in [0, 0.05) is 18.2 Å². The van der Waals surface area contributed by atoms with Gasteiger partial charge >= 0.3 is 0 Å². The summed E-state index contributed by atoms with van der Waals surface area (Å²) >= 11 is 0. The van der Waals surface area contributed by atoms with Crippen molar-refractivity contribution >= 4 is 5.78 Å². The van der Waals surface area contributed by atoms with Crippen LogP contribution in [0.3, 0.4) is 0 Å². The van der Waals surface area contributed by atoms with E-state index in [0.29, 0.717) is 12.1 Å². The van der Waals surface area contributed by atoms with Gasteiger partial charge in [0.2, 0.25) is 5.78 Å². The number of aliphatic hydroxyl groups excluding tert-OH is 1. The summed E-state index contributed by atoms with van der Waals surface area (Å²) in [5, 5.41) is 9.08. The number of halogens is 1. The van der Waals surface area contributed by atoms with Crippen LogP contribution in [0.2, 0.25) is 0 Å². The van der Waals surface area contributed by atoms with Gasteiger partial charge in [0.1, 0.15) is 5.82 Å². The van der Waals surface area contributed by atoms with Gasteiger partial charge in [-0.1, -0.05) is 12.1 Å². The first-order chi connectivity index (χ1) is 7.65. The van der Waals surface area contributed by atoms with E-state index in [9.17, 15) is 9.18 Å². The second-order valence-electron chi connectivity index (χ2n) is 3.55. The molecule has 3 N–H and O–H groups in total. The fraction of sp³-hybridized carbons (Fsp3) is 0.182. The van der Waals surface area contributed by atoms with E-state index in [1.54, 1.807) is 12.1 Å². The molecule has 0 bridgehead atoms. The zero-order chi connectivity index (χ0) is 11.5. The van der Waals surface area contributed by atoms with Crippen LogP contribution < -0.4 is 10.9 Å². The Morgan fingerprint density at radius 2 is 2.25 bits per heavy atom. The highest BCUT2D eigenvalue weighted by Crippen LogP contribution is 2.09. The van der Waals surface area contributed by atoms with Gasteiger partial charge in [0.15, 0.2) is 6.23 Å². The van der Waals surface area contributed by atoms with E-state index in [1.807, 2.05) is 0 Å². The number of allylic oxidation sites excluding steroid dienone is 1. The minimum atomic E-state index is -1.21. The van der Waals surface area contributed by atoms with E-state index in [2.05, 4.69) is 10.9 Å². The smallest absolute Gasteiger partial charge is 0.202 e. The SMILES string of the molecule is O=C1C=C(Cc2cccc(F)c2)NNC1O. The minimum Gasteiger partial charge on any atom is -0.370 e. The molecular formula is C11H11FN2O2. The molecule has 0 amide bonds. The second-order valence-corrected chi connectivity index (χ2v) is 3.55. The standard InChI is InChI=1S/C11H11FN2O2/c12-8-3-1-2-7(4-8)5-9-6-10(15)11(16)14-13-9/h1-4,6,11,13-14,16H,5H2. The van der Waals surface area contributed by atoms with E-state index < -0.39 is 12.0 Å². The van der Waals surface area contributed by atoms with Gasteiger partial charge < -0.3 is 10.5 Å². The summed E-state index contributed by atoms with van der Waals surface area (Å²) in [5.41, 5.74) is 6.45. The van der Waals surface area contributed by atoms with Gasteiger partial charge in [-0.3, -0.25) is 4.79 Å². The van der Waals surface area contributed by atoms with Crippen molar-refractivity contribution in [3.05, 3.63) is 47.4 Å².